The molecule has 1 aromatic carbocycles. The van der Waals surface area contributed by atoms with Gasteiger partial charge in [0, 0.05) is 5.69 Å². The molecule has 1 aromatic rings. The average molecular weight is 356 g/mol. The lowest BCUT2D eigenvalue weighted by molar-refractivity contribution is -0.192. The fourth-order valence-electron chi connectivity index (χ4n) is 1.46. The summed E-state index contributed by atoms with van der Waals surface area (Å²) in [6.07, 6.45) is -5.08. The van der Waals surface area contributed by atoms with E-state index in [0.29, 0.717) is 5.69 Å². The van der Waals surface area contributed by atoms with Crippen LogP contribution in [0.2, 0.25) is 0 Å². The number of rotatable bonds is 1. The van der Waals surface area contributed by atoms with Gasteiger partial charge in [-0.1, -0.05) is 0 Å². The number of nitrogens with one attached hydrogen (secondary N) is 1. The normalized spacial score (nSPS) is 16.3. The Bertz CT molecular complexity index is 735. The number of carboxylic acid groups (broad SMARTS) is 1. The number of nitrogens with zero attached hydrogens (tertiary/aromatic N) is 1. The van der Waals surface area contributed by atoms with Crippen molar-refractivity contribution in [3.63, 3.8) is 0 Å². The molecule has 9 nitrogen and oxygen atoms in total. The summed E-state index contributed by atoms with van der Waals surface area (Å²) in [5, 5.41) is 7.12. The topological polar surface area (TPSA) is 156 Å². The first kappa shape index (κ1) is 18.3. The minimum atomic E-state index is -5.08. The SMILES string of the molecule is Nc1ccc(N2CC(=O)NS2(=O)=O)c(N)c1.O=C(O)C(F)(F)F. The molecule has 0 saturated carbocycles. The van der Waals surface area contributed by atoms with Gasteiger partial charge in [0.1, 0.15) is 6.54 Å². The van der Waals surface area contributed by atoms with E-state index < -0.39 is 28.3 Å². The summed E-state index contributed by atoms with van der Waals surface area (Å²) in [7, 11) is -3.81. The summed E-state index contributed by atoms with van der Waals surface area (Å²) in [6, 6.07) is 4.42. The van der Waals surface area contributed by atoms with Crippen LogP contribution >= 0.6 is 0 Å². The minimum Gasteiger partial charge on any atom is -0.475 e. The molecule has 0 unspecified atom stereocenters. The molecule has 0 aromatic heterocycles. The highest BCUT2D eigenvalue weighted by atomic mass is 32.2. The van der Waals surface area contributed by atoms with Gasteiger partial charge in [0.2, 0.25) is 0 Å². The number of carbonyl (C=O) groups is 2. The van der Waals surface area contributed by atoms with Crippen molar-refractivity contribution in [1.82, 2.24) is 4.72 Å². The molecule has 128 valence electrons. The molecule has 0 radical (unpaired) electrons. The molecule has 2 rings (SSSR count). The van der Waals surface area contributed by atoms with Crippen LogP contribution in [0.4, 0.5) is 30.2 Å². The second-order valence-electron chi connectivity index (χ2n) is 4.16. The van der Waals surface area contributed by atoms with Crippen LogP contribution in [0.1, 0.15) is 0 Å². The molecular weight excluding hydrogens is 345 g/mol. The van der Waals surface area contributed by atoms with Crippen LogP contribution in [-0.4, -0.2) is 38.1 Å². The Hall–Kier alpha value is -2.70. The zero-order chi connectivity index (χ0) is 18.0. The molecule has 0 atom stereocenters. The number of carbonyl (C=O) groups excluding carboxylic acids is 1. The number of nitrogens with two attached hydrogens (primary N) is 2. The van der Waals surface area contributed by atoms with Crippen molar-refractivity contribution in [3.05, 3.63) is 18.2 Å². The summed E-state index contributed by atoms with van der Waals surface area (Å²) in [5.41, 5.74) is 12.0. The van der Waals surface area contributed by atoms with Gasteiger partial charge in [-0.3, -0.25) is 4.79 Å². The van der Waals surface area contributed by atoms with Gasteiger partial charge in [0.25, 0.3) is 5.91 Å². The average Bonchev–Trinajstić information content (AvgIpc) is 2.62. The van der Waals surface area contributed by atoms with Crippen molar-refractivity contribution in [2.24, 2.45) is 0 Å². The number of carboxylic acids is 1. The Morgan fingerprint density at radius 3 is 2.17 bits per heavy atom. The van der Waals surface area contributed by atoms with Crippen LogP contribution in [0.25, 0.3) is 0 Å². The highest BCUT2D eigenvalue weighted by Crippen LogP contribution is 2.28. The van der Waals surface area contributed by atoms with E-state index in [9.17, 15) is 26.4 Å². The molecule has 1 aliphatic heterocycles. The van der Waals surface area contributed by atoms with Gasteiger partial charge in [-0.25, -0.2) is 13.8 Å². The molecule has 1 aliphatic rings. The number of alkyl halides is 3. The lowest BCUT2D eigenvalue weighted by Crippen LogP contribution is -2.30. The Balaban J connectivity index is 0.000000322. The molecule has 1 fully saturated rings. The number of hydrogen-bond donors (Lipinski definition) is 4. The van der Waals surface area contributed by atoms with E-state index in [0.717, 1.165) is 4.31 Å². The van der Waals surface area contributed by atoms with Crippen molar-refractivity contribution in [2.75, 3.05) is 22.3 Å². The third-order valence-electron chi connectivity index (χ3n) is 2.38. The first-order valence-electron chi connectivity index (χ1n) is 5.63. The van der Waals surface area contributed by atoms with Crippen LogP contribution in [-0.2, 0) is 19.8 Å². The number of halogens is 3. The summed E-state index contributed by atoms with van der Waals surface area (Å²) >= 11 is 0. The van der Waals surface area contributed by atoms with E-state index >= 15 is 0 Å². The molecule has 0 spiro atoms. The van der Waals surface area contributed by atoms with Crippen LogP contribution < -0.4 is 20.5 Å². The van der Waals surface area contributed by atoms with E-state index in [1.54, 1.807) is 0 Å². The number of aliphatic carboxylic acids is 1. The van der Waals surface area contributed by atoms with Gasteiger partial charge in [-0.2, -0.15) is 21.6 Å². The van der Waals surface area contributed by atoms with E-state index in [2.05, 4.69) is 0 Å². The molecule has 1 amide bonds. The molecular formula is C10H11F3N4O5S. The summed E-state index contributed by atoms with van der Waals surface area (Å²) in [4.78, 5) is 19.9. The third kappa shape index (κ3) is 4.64. The van der Waals surface area contributed by atoms with Crippen molar-refractivity contribution in [1.29, 1.82) is 0 Å². The van der Waals surface area contributed by atoms with Crippen molar-refractivity contribution in [2.45, 2.75) is 6.18 Å². The number of hydrogen-bond acceptors (Lipinski definition) is 6. The number of benzene rings is 1. The summed E-state index contributed by atoms with van der Waals surface area (Å²) in [5.74, 6) is -3.34. The largest absolute Gasteiger partial charge is 0.490 e. The van der Waals surface area contributed by atoms with E-state index in [-0.39, 0.29) is 17.9 Å². The quantitative estimate of drug-likeness (QED) is 0.502. The van der Waals surface area contributed by atoms with Crippen LogP contribution in [0, 0.1) is 0 Å². The Morgan fingerprint density at radius 2 is 1.83 bits per heavy atom. The highest BCUT2D eigenvalue weighted by molar-refractivity contribution is 7.92. The highest BCUT2D eigenvalue weighted by Gasteiger charge is 2.38. The van der Waals surface area contributed by atoms with Gasteiger partial charge in [0.15, 0.2) is 0 Å². The monoisotopic (exact) mass is 356 g/mol. The maximum atomic E-state index is 11.5. The lowest BCUT2D eigenvalue weighted by Gasteiger charge is -2.16. The predicted octanol–water partition coefficient (Wildman–Crippen LogP) is -0.335. The first-order valence-corrected chi connectivity index (χ1v) is 7.07. The van der Waals surface area contributed by atoms with Gasteiger partial charge in [-0.15, -0.1) is 0 Å². The van der Waals surface area contributed by atoms with Crippen molar-refractivity contribution in [3.8, 4) is 0 Å². The first-order chi connectivity index (χ1) is 10.3. The zero-order valence-electron chi connectivity index (χ0n) is 11.2. The summed E-state index contributed by atoms with van der Waals surface area (Å²) in [6.45, 7) is -0.267. The smallest absolute Gasteiger partial charge is 0.475 e. The van der Waals surface area contributed by atoms with Crippen molar-refractivity contribution >= 4 is 39.1 Å². The number of anilines is 3. The maximum absolute atomic E-state index is 11.5. The van der Waals surface area contributed by atoms with E-state index in [4.69, 9.17) is 21.4 Å². The minimum absolute atomic E-state index is 0.208. The molecule has 1 heterocycles. The summed E-state index contributed by atoms with van der Waals surface area (Å²) < 4.78 is 57.5. The Kier molecular flexibility index (Phi) is 4.94. The van der Waals surface area contributed by atoms with Crippen molar-refractivity contribution < 1.29 is 36.3 Å². The molecule has 0 bridgehead atoms. The van der Waals surface area contributed by atoms with E-state index in [1.165, 1.54) is 18.2 Å². The number of nitrogen functional groups attached to an aromatic ring is 2. The number of amides is 1. The predicted molar refractivity (Wildman–Crippen MR) is 73.4 cm³/mol. The standard InChI is InChI=1S/C8H10N4O3S.C2HF3O2/c9-5-1-2-7(6(10)3-5)12-4-8(13)11-16(12,14)15;3-2(4,5)1(6)7/h1-3H,4,9-10H2,(H,11,13);(H,6,7). The Labute approximate surface area is 127 Å². The second kappa shape index (κ2) is 6.20. The van der Waals surface area contributed by atoms with Gasteiger partial charge in [-0.05, 0) is 18.2 Å². The van der Waals surface area contributed by atoms with Crippen LogP contribution in [0.5, 0.6) is 0 Å². The second-order valence-corrected chi connectivity index (χ2v) is 5.75. The molecule has 6 N–H and O–H groups in total. The zero-order valence-corrected chi connectivity index (χ0v) is 12.0. The Morgan fingerprint density at radius 1 is 1.30 bits per heavy atom. The third-order valence-corrected chi connectivity index (χ3v) is 3.77. The van der Waals surface area contributed by atoms with Crippen LogP contribution in [0.15, 0.2) is 18.2 Å². The fraction of sp³-hybridized carbons (Fsp3) is 0.200. The molecule has 0 aliphatic carbocycles. The molecule has 13 heteroatoms. The van der Waals surface area contributed by atoms with Crippen LogP contribution in [0.3, 0.4) is 0 Å². The molecule has 1 saturated heterocycles. The van der Waals surface area contributed by atoms with Gasteiger partial charge >= 0.3 is 22.4 Å². The van der Waals surface area contributed by atoms with Gasteiger partial charge < -0.3 is 16.6 Å². The molecule has 23 heavy (non-hydrogen) atoms. The van der Waals surface area contributed by atoms with Gasteiger partial charge in [0.05, 0.1) is 11.4 Å². The van der Waals surface area contributed by atoms with E-state index in [1.807, 2.05) is 4.72 Å². The fourth-order valence-corrected chi connectivity index (χ4v) is 2.64. The lowest BCUT2D eigenvalue weighted by atomic mass is 10.2. The maximum Gasteiger partial charge on any atom is 0.490 e.